The fourth-order valence-corrected chi connectivity index (χ4v) is 3.73. The van der Waals surface area contributed by atoms with Crippen molar-refractivity contribution >= 4 is 0 Å². The van der Waals surface area contributed by atoms with Crippen molar-refractivity contribution in [3.8, 4) is 5.75 Å². The second-order valence-electron chi connectivity index (χ2n) is 7.03. The Morgan fingerprint density at radius 3 is 2.96 bits per heavy atom. The lowest BCUT2D eigenvalue weighted by molar-refractivity contribution is -0.140. The van der Waals surface area contributed by atoms with Crippen LogP contribution in [0.2, 0.25) is 0 Å². The number of rotatable bonds is 7. The van der Waals surface area contributed by atoms with E-state index in [2.05, 4.69) is 30.4 Å². The number of benzene rings is 1. The molecule has 0 radical (unpaired) electrons. The van der Waals surface area contributed by atoms with Crippen molar-refractivity contribution < 1.29 is 14.2 Å². The van der Waals surface area contributed by atoms with Crippen LogP contribution >= 0.6 is 0 Å². The molecule has 24 heavy (non-hydrogen) atoms. The van der Waals surface area contributed by atoms with Crippen LogP contribution in [0.15, 0.2) is 24.3 Å². The van der Waals surface area contributed by atoms with Gasteiger partial charge in [0.1, 0.15) is 5.75 Å². The lowest BCUT2D eigenvalue weighted by atomic mass is 9.84. The average molecular weight is 333 g/mol. The van der Waals surface area contributed by atoms with Crippen molar-refractivity contribution in [1.82, 2.24) is 5.32 Å². The third kappa shape index (κ3) is 4.95. The maximum Gasteiger partial charge on any atom is 0.119 e. The molecule has 2 aliphatic heterocycles. The molecule has 0 unspecified atom stereocenters. The minimum atomic E-state index is 0.0715. The molecule has 0 bridgehead atoms. The van der Waals surface area contributed by atoms with Crippen molar-refractivity contribution in [3.63, 3.8) is 0 Å². The molecule has 2 heterocycles. The minimum absolute atomic E-state index is 0.0715. The third-order valence-corrected chi connectivity index (χ3v) is 5.11. The molecular weight excluding hydrogens is 302 g/mol. The quantitative estimate of drug-likeness (QED) is 0.831. The van der Waals surface area contributed by atoms with Gasteiger partial charge in [0.05, 0.1) is 12.2 Å². The van der Waals surface area contributed by atoms with Gasteiger partial charge in [-0.3, -0.25) is 0 Å². The third-order valence-electron chi connectivity index (χ3n) is 5.11. The topological polar surface area (TPSA) is 39.7 Å². The molecule has 0 saturated carbocycles. The molecule has 0 aliphatic carbocycles. The number of hydrogen-bond donors (Lipinski definition) is 1. The van der Waals surface area contributed by atoms with Gasteiger partial charge in [0, 0.05) is 25.9 Å². The summed E-state index contributed by atoms with van der Waals surface area (Å²) in [5, 5.41) is 3.74. The molecular formula is C20H31NO3. The molecule has 2 aliphatic rings. The normalized spacial score (nSPS) is 23.3. The van der Waals surface area contributed by atoms with E-state index < -0.39 is 0 Å². The SMILES string of the molecule is CCCOc1cccc(CCN[C@H]2CCOC3(CCOCC3)C2)c1. The Labute approximate surface area is 145 Å². The average Bonchev–Trinajstić information content (AvgIpc) is 2.61. The Bertz CT molecular complexity index is 494. The zero-order valence-corrected chi connectivity index (χ0v) is 14.9. The predicted octanol–water partition coefficient (Wildman–Crippen LogP) is 3.34. The largest absolute Gasteiger partial charge is 0.494 e. The Morgan fingerprint density at radius 2 is 2.12 bits per heavy atom. The number of hydrogen-bond acceptors (Lipinski definition) is 4. The van der Waals surface area contributed by atoms with Crippen LogP contribution in [0.25, 0.3) is 0 Å². The van der Waals surface area contributed by atoms with Gasteiger partial charge in [-0.15, -0.1) is 0 Å². The molecule has 1 atom stereocenters. The van der Waals surface area contributed by atoms with Crippen molar-refractivity contribution in [2.75, 3.05) is 33.0 Å². The minimum Gasteiger partial charge on any atom is -0.494 e. The van der Waals surface area contributed by atoms with Crippen molar-refractivity contribution in [1.29, 1.82) is 0 Å². The number of nitrogens with one attached hydrogen (secondary N) is 1. The van der Waals surface area contributed by atoms with Crippen LogP contribution in [0, 0.1) is 0 Å². The van der Waals surface area contributed by atoms with Crippen LogP contribution in [0.5, 0.6) is 5.75 Å². The first kappa shape index (κ1) is 17.7. The Morgan fingerprint density at radius 1 is 1.25 bits per heavy atom. The van der Waals surface area contributed by atoms with Gasteiger partial charge in [-0.1, -0.05) is 19.1 Å². The summed E-state index contributed by atoms with van der Waals surface area (Å²) >= 11 is 0. The standard InChI is InChI=1S/C20H31NO3/c1-2-11-23-19-5-3-4-17(15-19)6-10-21-18-7-12-24-20(16-18)8-13-22-14-9-20/h3-5,15,18,21H,2,6-14,16H2,1H3/t18-/m0/s1. The second-order valence-corrected chi connectivity index (χ2v) is 7.03. The van der Waals surface area contributed by atoms with E-state index in [0.717, 1.165) is 77.2 Å². The molecule has 2 saturated heterocycles. The van der Waals surface area contributed by atoms with Gasteiger partial charge < -0.3 is 19.5 Å². The number of ether oxygens (including phenoxy) is 3. The van der Waals surface area contributed by atoms with E-state index in [9.17, 15) is 0 Å². The van der Waals surface area contributed by atoms with E-state index in [1.807, 2.05) is 6.07 Å². The summed E-state index contributed by atoms with van der Waals surface area (Å²) in [7, 11) is 0. The molecule has 134 valence electrons. The van der Waals surface area contributed by atoms with Crippen LogP contribution in [0.1, 0.15) is 44.6 Å². The van der Waals surface area contributed by atoms with Crippen molar-refractivity contribution in [2.45, 2.75) is 57.1 Å². The molecule has 1 aromatic rings. The second kappa shape index (κ2) is 8.84. The molecule has 4 heteroatoms. The van der Waals surface area contributed by atoms with Gasteiger partial charge in [-0.25, -0.2) is 0 Å². The van der Waals surface area contributed by atoms with Crippen LogP contribution in [-0.4, -0.2) is 44.6 Å². The van der Waals surface area contributed by atoms with Crippen molar-refractivity contribution in [3.05, 3.63) is 29.8 Å². The smallest absolute Gasteiger partial charge is 0.119 e. The van der Waals surface area contributed by atoms with Gasteiger partial charge in [0.15, 0.2) is 0 Å². The molecule has 1 spiro atoms. The summed E-state index contributed by atoms with van der Waals surface area (Å²) in [5.41, 5.74) is 1.41. The molecule has 3 rings (SSSR count). The van der Waals surface area contributed by atoms with Crippen LogP contribution < -0.4 is 10.1 Å². The summed E-state index contributed by atoms with van der Waals surface area (Å²) in [6.45, 7) is 6.49. The van der Waals surface area contributed by atoms with Crippen LogP contribution in [0.4, 0.5) is 0 Å². The summed E-state index contributed by atoms with van der Waals surface area (Å²) in [6, 6.07) is 9.05. The first-order valence-corrected chi connectivity index (χ1v) is 9.46. The lowest BCUT2D eigenvalue weighted by Gasteiger charge is -2.43. The summed E-state index contributed by atoms with van der Waals surface area (Å²) in [5.74, 6) is 0.988. The van der Waals surface area contributed by atoms with Gasteiger partial charge in [-0.05, 0) is 62.8 Å². The maximum atomic E-state index is 6.12. The van der Waals surface area contributed by atoms with E-state index in [4.69, 9.17) is 14.2 Å². The summed E-state index contributed by atoms with van der Waals surface area (Å²) in [4.78, 5) is 0. The summed E-state index contributed by atoms with van der Waals surface area (Å²) in [6.07, 6.45) is 6.40. The van der Waals surface area contributed by atoms with E-state index in [1.54, 1.807) is 0 Å². The van der Waals surface area contributed by atoms with E-state index in [0.29, 0.717) is 6.04 Å². The Balaban J connectivity index is 1.44. The molecule has 0 aromatic heterocycles. The molecule has 0 amide bonds. The van der Waals surface area contributed by atoms with Gasteiger partial charge in [0.2, 0.25) is 0 Å². The van der Waals surface area contributed by atoms with Gasteiger partial charge >= 0.3 is 0 Å². The molecule has 1 N–H and O–H groups in total. The highest BCUT2D eigenvalue weighted by atomic mass is 16.5. The van der Waals surface area contributed by atoms with Crippen molar-refractivity contribution in [2.24, 2.45) is 0 Å². The maximum absolute atomic E-state index is 6.12. The first-order chi connectivity index (χ1) is 11.8. The Hall–Kier alpha value is -1.10. The van der Waals surface area contributed by atoms with Crippen LogP contribution in [0.3, 0.4) is 0 Å². The molecule has 1 aromatic carbocycles. The Kier molecular flexibility index (Phi) is 6.52. The van der Waals surface area contributed by atoms with E-state index in [-0.39, 0.29) is 5.60 Å². The fraction of sp³-hybridized carbons (Fsp3) is 0.700. The molecule has 2 fully saturated rings. The fourth-order valence-electron chi connectivity index (χ4n) is 3.73. The predicted molar refractivity (Wildman–Crippen MR) is 95.7 cm³/mol. The zero-order chi connectivity index (χ0) is 16.7. The highest BCUT2D eigenvalue weighted by Crippen LogP contribution is 2.34. The molecule has 4 nitrogen and oxygen atoms in total. The first-order valence-electron chi connectivity index (χ1n) is 9.46. The zero-order valence-electron chi connectivity index (χ0n) is 14.9. The van der Waals surface area contributed by atoms with E-state index in [1.165, 1.54) is 5.56 Å². The lowest BCUT2D eigenvalue weighted by Crippen LogP contribution is -2.50. The monoisotopic (exact) mass is 333 g/mol. The van der Waals surface area contributed by atoms with Gasteiger partial charge in [-0.2, -0.15) is 0 Å². The van der Waals surface area contributed by atoms with E-state index >= 15 is 0 Å². The highest BCUT2D eigenvalue weighted by Gasteiger charge is 2.38. The summed E-state index contributed by atoms with van der Waals surface area (Å²) < 4.78 is 17.3. The van der Waals surface area contributed by atoms with Crippen LogP contribution in [-0.2, 0) is 15.9 Å². The van der Waals surface area contributed by atoms with Gasteiger partial charge in [0.25, 0.3) is 0 Å². The highest BCUT2D eigenvalue weighted by molar-refractivity contribution is 5.28.